The van der Waals surface area contributed by atoms with Crippen molar-refractivity contribution in [2.24, 2.45) is 34.6 Å². The van der Waals surface area contributed by atoms with Crippen LogP contribution in [0.2, 0.25) is 0 Å². The van der Waals surface area contributed by atoms with Crippen LogP contribution in [0.5, 0.6) is 0 Å². The maximum Gasteiger partial charge on any atom is 0.231 e. The number of amides is 1. The van der Waals surface area contributed by atoms with Gasteiger partial charge in [0.25, 0.3) is 0 Å². The highest BCUT2D eigenvalue weighted by Crippen LogP contribution is 2.56. The molecule has 1 amide bonds. The Morgan fingerprint density at radius 3 is 2.76 bits per heavy atom. The van der Waals surface area contributed by atoms with Crippen molar-refractivity contribution in [1.82, 2.24) is 15.0 Å². The minimum absolute atomic E-state index is 0.00315. The number of hydrogen-bond donors (Lipinski definition) is 4. The molecule has 9 nitrogen and oxygen atoms in total. The molecule has 0 spiro atoms. The van der Waals surface area contributed by atoms with E-state index in [9.17, 15) is 4.79 Å². The van der Waals surface area contributed by atoms with Gasteiger partial charge in [0, 0.05) is 23.8 Å². The number of oxime groups is 1. The van der Waals surface area contributed by atoms with E-state index in [2.05, 4.69) is 37.9 Å². The van der Waals surface area contributed by atoms with Gasteiger partial charge >= 0.3 is 0 Å². The van der Waals surface area contributed by atoms with Crippen LogP contribution in [0.3, 0.4) is 0 Å². The van der Waals surface area contributed by atoms with Gasteiger partial charge in [0.1, 0.15) is 17.6 Å². The van der Waals surface area contributed by atoms with Gasteiger partial charge in [0.15, 0.2) is 0 Å². The van der Waals surface area contributed by atoms with Crippen LogP contribution in [0.4, 0.5) is 17.5 Å². The molecule has 2 aromatic heterocycles. The van der Waals surface area contributed by atoms with E-state index in [1.54, 1.807) is 0 Å². The summed E-state index contributed by atoms with van der Waals surface area (Å²) in [5.41, 5.74) is 10.7. The number of fused-ring (bicyclic) bond motifs is 6. The topological polar surface area (TPSA) is 130 Å². The third-order valence-corrected chi connectivity index (χ3v) is 8.07. The first-order valence-electron chi connectivity index (χ1n) is 12.6. The van der Waals surface area contributed by atoms with Gasteiger partial charge in [-0.2, -0.15) is 9.97 Å². The number of H-pyrrole nitrogens is 1. The van der Waals surface area contributed by atoms with Gasteiger partial charge in [-0.05, 0) is 48.6 Å². The molecular weight excluding hydrogens is 466 g/mol. The predicted octanol–water partition coefficient (Wildman–Crippen LogP) is 3.96. The Kier molecular flexibility index (Phi) is 4.92. The Morgan fingerprint density at radius 2 is 1.95 bits per heavy atom. The Bertz CT molecular complexity index is 1530. The van der Waals surface area contributed by atoms with Gasteiger partial charge in [0.05, 0.1) is 22.9 Å². The Morgan fingerprint density at radius 1 is 1.08 bits per heavy atom. The lowest BCUT2D eigenvalue weighted by Crippen LogP contribution is -2.51. The zero-order valence-corrected chi connectivity index (χ0v) is 20.3. The predicted molar refractivity (Wildman–Crippen MR) is 141 cm³/mol. The van der Waals surface area contributed by atoms with Gasteiger partial charge in [0.2, 0.25) is 11.9 Å². The number of anilines is 3. The number of aromatic amines is 1. The van der Waals surface area contributed by atoms with Crippen LogP contribution in [0.1, 0.15) is 17.5 Å². The third kappa shape index (κ3) is 3.53. The van der Waals surface area contributed by atoms with E-state index in [1.165, 1.54) is 0 Å². The monoisotopic (exact) mass is 493 g/mol. The molecule has 2 aliphatic carbocycles. The summed E-state index contributed by atoms with van der Waals surface area (Å²) in [6.07, 6.45) is 2.56. The number of aromatic nitrogens is 3. The fourth-order valence-electron chi connectivity index (χ4n) is 6.59. The van der Waals surface area contributed by atoms with E-state index >= 15 is 0 Å². The molecular formula is C28H27N7O2. The molecule has 2 saturated carbocycles. The lowest BCUT2D eigenvalue weighted by atomic mass is 9.73. The van der Waals surface area contributed by atoms with E-state index in [-0.39, 0.29) is 41.7 Å². The number of hydrogen-bond acceptors (Lipinski definition) is 7. The normalized spacial score (nSPS) is 27.5. The minimum Gasteiger partial charge on any atom is -0.391 e. The number of primary amides is 1. The molecule has 3 heterocycles. The molecule has 2 fully saturated rings. The van der Waals surface area contributed by atoms with Gasteiger partial charge in [-0.3, -0.25) is 4.79 Å². The Hall–Kier alpha value is -4.40. The second-order valence-corrected chi connectivity index (χ2v) is 10.2. The third-order valence-electron chi connectivity index (χ3n) is 8.07. The summed E-state index contributed by atoms with van der Waals surface area (Å²) >= 11 is 0. The highest BCUT2D eigenvalue weighted by atomic mass is 16.6. The van der Waals surface area contributed by atoms with E-state index in [0.29, 0.717) is 17.4 Å². The molecule has 2 bridgehead atoms. The zero-order valence-electron chi connectivity index (χ0n) is 20.3. The summed E-state index contributed by atoms with van der Waals surface area (Å²) in [6, 6.07) is 19.9. The van der Waals surface area contributed by atoms with Crippen molar-refractivity contribution in [3.05, 3.63) is 78.0 Å². The van der Waals surface area contributed by atoms with Crippen molar-refractivity contribution in [3.63, 3.8) is 0 Å². The average Bonchev–Trinajstić information content (AvgIpc) is 3.66. The first kappa shape index (κ1) is 21.8. The molecule has 1 aliphatic heterocycles. The number of carbonyl (C=O) groups excluding carboxylic acids is 1. The van der Waals surface area contributed by atoms with E-state index in [0.717, 1.165) is 34.3 Å². The van der Waals surface area contributed by atoms with Gasteiger partial charge < -0.3 is 26.2 Å². The molecule has 9 heteroatoms. The zero-order chi connectivity index (χ0) is 25.1. The van der Waals surface area contributed by atoms with Crippen molar-refractivity contribution in [2.75, 3.05) is 10.6 Å². The van der Waals surface area contributed by atoms with Gasteiger partial charge in [-0.1, -0.05) is 47.6 Å². The van der Waals surface area contributed by atoms with Crippen LogP contribution < -0.4 is 16.4 Å². The standard InChI is InChI=1S/C28H27N7O2/c1-14-6-5-9-16(12-14)31-28-33-26-17(10-11-30-26)27(34-28)32-23-18-13-19(21(23)25(29)36)24-20(18)22(35-37-24)15-7-3-2-4-8-15/h2-12,18-21,23-24H,13H2,1H3,(H2,29,36)(H3,30,31,32,33,34). The van der Waals surface area contributed by atoms with E-state index in [4.69, 9.17) is 15.6 Å². The summed E-state index contributed by atoms with van der Waals surface area (Å²) in [4.78, 5) is 31.3. The van der Waals surface area contributed by atoms with Crippen molar-refractivity contribution in [3.8, 4) is 0 Å². The van der Waals surface area contributed by atoms with Crippen LogP contribution in [0.15, 0.2) is 72.0 Å². The Labute approximate surface area is 213 Å². The maximum atomic E-state index is 12.7. The fourth-order valence-corrected chi connectivity index (χ4v) is 6.59. The van der Waals surface area contributed by atoms with Gasteiger partial charge in [-0.25, -0.2) is 0 Å². The van der Waals surface area contributed by atoms with Crippen molar-refractivity contribution in [1.29, 1.82) is 0 Å². The quantitative estimate of drug-likeness (QED) is 0.322. The fraction of sp³-hybridized carbons (Fsp3) is 0.286. The SMILES string of the molecule is Cc1cccc(Nc2nc(NC3C4CC(C5ON=C(c6ccccc6)C45)C3C(N)=O)c3cc[nH]c3n2)c1. The number of nitrogens with one attached hydrogen (secondary N) is 3. The number of rotatable bonds is 6. The van der Waals surface area contributed by atoms with Crippen LogP contribution >= 0.6 is 0 Å². The molecule has 37 heavy (non-hydrogen) atoms. The molecule has 0 radical (unpaired) electrons. The van der Waals surface area contributed by atoms with Crippen LogP contribution in [0, 0.1) is 30.6 Å². The lowest BCUT2D eigenvalue weighted by molar-refractivity contribution is -0.126. The van der Waals surface area contributed by atoms with Gasteiger partial charge in [-0.15, -0.1) is 0 Å². The van der Waals surface area contributed by atoms with Crippen molar-refractivity contribution >= 4 is 40.1 Å². The Balaban J connectivity index is 1.24. The first-order chi connectivity index (χ1) is 18.1. The molecule has 6 atom stereocenters. The number of carbonyl (C=O) groups is 1. The number of nitrogens with zero attached hydrogens (tertiary/aromatic N) is 3. The molecule has 2 aromatic carbocycles. The second-order valence-electron chi connectivity index (χ2n) is 10.2. The molecule has 186 valence electrons. The largest absolute Gasteiger partial charge is 0.391 e. The lowest BCUT2D eigenvalue weighted by Gasteiger charge is -2.36. The highest BCUT2D eigenvalue weighted by molar-refractivity contribution is 6.04. The summed E-state index contributed by atoms with van der Waals surface area (Å²) in [7, 11) is 0. The molecule has 6 unspecified atom stereocenters. The number of aryl methyl sites for hydroxylation is 1. The smallest absolute Gasteiger partial charge is 0.231 e. The second kappa shape index (κ2) is 8.33. The highest BCUT2D eigenvalue weighted by Gasteiger charge is 2.64. The van der Waals surface area contributed by atoms with Crippen LogP contribution in [0.25, 0.3) is 11.0 Å². The molecule has 7 rings (SSSR count). The average molecular weight is 494 g/mol. The molecule has 5 N–H and O–H groups in total. The van der Waals surface area contributed by atoms with Crippen molar-refractivity contribution in [2.45, 2.75) is 25.5 Å². The van der Waals surface area contributed by atoms with Crippen molar-refractivity contribution < 1.29 is 9.63 Å². The molecule has 0 saturated heterocycles. The first-order valence-corrected chi connectivity index (χ1v) is 12.6. The summed E-state index contributed by atoms with van der Waals surface area (Å²) in [5.74, 6) is 0.657. The maximum absolute atomic E-state index is 12.7. The minimum atomic E-state index is -0.381. The molecule has 4 aromatic rings. The number of nitrogens with two attached hydrogens (primary N) is 1. The summed E-state index contributed by atoms with van der Waals surface area (Å²) < 4.78 is 0. The summed E-state index contributed by atoms with van der Waals surface area (Å²) in [6.45, 7) is 2.04. The molecule has 3 aliphatic rings. The number of benzene rings is 2. The van der Waals surface area contributed by atoms with Crippen LogP contribution in [-0.4, -0.2) is 38.7 Å². The van der Waals surface area contributed by atoms with E-state index < -0.39 is 0 Å². The summed E-state index contributed by atoms with van der Waals surface area (Å²) in [5, 5.41) is 12.3. The van der Waals surface area contributed by atoms with E-state index in [1.807, 2.05) is 61.7 Å². The van der Waals surface area contributed by atoms with Crippen LogP contribution in [-0.2, 0) is 9.63 Å².